The summed E-state index contributed by atoms with van der Waals surface area (Å²) >= 11 is 0. The SMILES string of the molecule is C=C(/N=C(\C=C/C)C(CC)NC(=O)c1ccc(-c2cncc(OCC)n2)cc1C(F)(F)F)N[NH+](O)C1CC1. The number of benzene rings is 1. The predicted octanol–water partition coefficient (Wildman–Crippen LogP) is 3.50. The fraction of sp³-hybridized carbons (Fsp3) is 0.385. The Kier molecular flexibility index (Phi) is 9.59. The molecule has 2 unspecified atom stereocenters. The maximum atomic E-state index is 14.0. The molecule has 3 rings (SSSR count). The Morgan fingerprint density at radius 3 is 2.68 bits per heavy atom. The third-order valence-corrected chi connectivity index (χ3v) is 5.68. The summed E-state index contributed by atoms with van der Waals surface area (Å²) in [4.78, 5) is 25.6. The molecule has 1 aliphatic rings. The van der Waals surface area contributed by atoms with Gasteiger partial charge in [-0.15, -0.1) is 0 Å². The lowest BCUT2D eigenvalue weighted by Gasteiger charge is -2.20. The topological polar surface area (TPSA) is 113 Å². The van der Waals surface area contributed by atoms with E-state index >= 15 is 0 Å². The zero-order chi connectivity index (χ0) is 27.9. The van der Waals surface area contributed by atoms with E-state index in [1.807, 2.05) is 0 Å². The zero-order valence-corrected chi connectivity index (χ0v) is 21.5. The largest absolute Gasteiger partial charge is 0.477 e. The van der Waals surface area contributed by atoms with Gasteiger partial charge in [0.15, 0.2) is 5.82 Å². The molecule has 38 heavy (non-hydrogen) atoms. The van der Waals surface area contributed by atoms with Gasteiger partial charge in [0.05, 0.1) is 47.6 Å². The smallest absolute Gasteiger partial charge is 0.417 e. The van der Waals surface area contributed by atoms with Gasteiger partial charge in [-0.3, -0.25) is 9.78 Å². The van der Waals surface area contributed by atoms with E-state index in [-0.39, 0.29) is 34.2 Å². The third kappa shape index (κ3) is 7.62. The summed E-state index contributed by atoms with van der Waals surface area (Å²) in [5, 5.41) is 12.7. The number of carbonyl (C=O) groups is 1. The van der Waals surface area contributed by atoms with Crippen molar-refractivity contribution in [1.82, 2.24) is 20.7 Å². The van der Waals surface area contributed by atoms with Gasteiger partial charge >= 0.3 is 6.18 Å². The Balaban J connectivity index is 1.88. The monoisotopic (exact) mass is 533 g/mol. The van der Waals surface area contributed by atoms with Gasteiger partial charge in [0.2, 0.25) is 5.88 Å². The van der Waals surface area contributed by atoms with Crippen molar-refractivity contribution in [1.29, 1.82) is 0 Å². The molecular formula is C26H32F3N6O3+. The highest BCUT2D eigenvalue weighted by Crippen LogP contribution is 2.35. The number of alkyl halides is 3. The van der Waals surface area contributed by atoms with Crippen LogP contribution in [-0.4, -0.2) is 45.5 Å². The van der Waals surface area contributed by atoms with E-state index in [0.717, 1.165) is 25.0 Å². The standard InChI is InChI=1S/C26H31F3N6O3/c1-5-8-22(31-16(4)34-35(37)18-10-11-18)21(6-2)33-25(36)19-12-9-17(13-20(19)26(27,28)29)23-14-30-15-24(32-23)38-7-3/h5,8-9,12-15,18,21,34,37H,4,6-7,10-11H2,1-3H3,(H,33,36)/p+1/b8-5-,31-22+. The minimum atomic E-state index is -4.80. The summed E-state index contributed by atoms with van der Waals surface area (Å²) in [5.41, 5.74) is 1.78. The minimum Gasteiger partial charge on any atom is -0.477 e. The van der Waals surface area contributed by atoms with Crippen molar-refractivity contribution in [2.24, 2.45) is 4.99 Å². The first kappa shape index (κ1) is 28.8. The van der Waals surface area contributed by atoms with E-state index in [0.29, 0.717) is 18.7 Å². The van der Waals surface area contributed by atoms with Gasteiger partial charge in [0, 0.05) is 18.4 Å². The van der Waals surface area contributed by atoms with Crippen molar-refractivity contribution in [2.75, 3.05) is 6.61 Å². The van der Waals surface area contributed by atoms with Crippen molar-refractivity contribution >= 4 is 11.6 Å². The van der Waals surface area contributed by atoms with Crippen molar-refractivity contribution in [3.8, 4) is 17.1 Å². The number of ether oxygens (including phenoxy) is 1. The number of quaternary nitrogens is 1. The molecule has 9 nitrogen and oxygen atoms in total. The molecule has 1 aromatic heterocycles. The zero-order valence-electron chi connectivity index (χ0n) is 21.5. The molecule has 1 fully saturated rings. The van der Waals surface area contributed by atoms with Gasteiger partial charge in [-0.25, -0.2) is 9.98 Å². The lowest BCUT2D eigenvalue weighted by molar-refractivity contribution is -1.13. The second-order valence-corrected chi connectivity index (χ2v) is 8.64. The van der Waals surface area contributed by atoms with E-state index in [1.165, 1.54) is 18.5 Å². The van der Waals surface area contributed by atoms with Gasteiger partial charge < -0.3 is 10.1 Å². The van der Waals surface area contributed by atoms with Crippen LogP contribution in [0.15, 0.2) is 60.1 Å². The molecule has 0 saturated heterocycles. The van der Waals surface area contributed by atoms with Crippen molar-refractivity contribution in [3.63, 3.8) is 0 Å². The Labute approximate surface area is 219 Å². The second-order valence-electron chi connectivity index (χ2n) is 8.64. The van der Waals surface area contributed by atoms with Crippen LogP contribution in [0, 0.1) is 0 Å². The number of hydrogen-bond donors (Lipinski definition) is 4. The van der Waals surface area contributed by atoms with E-state index in [2.05, 4.69) is 32.3 Å². The van der Waals surface area contributed by atoms with E-state index in [4.69, 9.17) is 4.74 Å². The van der Waals surface area contributed by atoms with Crippen LogP contribution in [0.5, 0.6) is 5.88 Å². The molecule has 0 bridgehead atoms. The van der Waals surface area contributed by atoms with Crippen LogP contribution >= 0.6 is 0 Å². The highest BCUT2D eigenvalue weighted by Gasteiger charge is 2.36. The molecule has 1 amide bonds. The summed E-state index contributed by atoms with van der Waals surface area (Å²) in [6.07, 6.45) is 3.30. The van der Waals surface area contributed by atoms with Gasteiger partial charge in [0.25, 0.3) is 5.91 Å². The summed E-state index contributed by atoms with van der Waals surface area (Å²) in [6.45, 7) is 9.38. The number of halogens is 3. The lowest BCUT2D eigenvalue weighted by atomic mass is 10.00. The Morgan fingerprint density at radius 2 is 2.08 bits per heavy atom. The molecular weight excluding hydrogens is 501 g/mol. The normalized spacial score (nSPS) is 15.7. The van der Waals surface area contributed by atoms with Crippen molar-refractivity contribution in [3.05, 3.63) is 66.3 Å². The highest BCUT2D eigenvalue weighted by molar-refractivity contribution is 6.04. The predicted molar refractivity (Wildman–Crippen MR) is 135 cm³/mol. The van der Waals surface area contributed by atoms with Crippen LogP contribution < -0.4 is 20.7 Å². The van der Waals surface area contributed by atoms with E-state index in [1.54, 1.807) is 32.9 Å². The first-order valence-electron chi connectivity index (χ1n) is 12.3. The quantitative estimate of drug-likeness (QED) is 0.245. The molecule has 2 atom stereocenters. The fourth-order valence-electron chi connectivity index (χ4n) is 3.65. The molecule has 4 N–H and O–H groups in total. The number of amides is 1. The molecule has 1 heterocycles. The molecule has 204 valence electrons. The average Bonchev–Trinajstić information content (AvgIpc) is 3.72. The number of nitrogens with zero attached hydrogens (tertiary/aromatic N) is 3. The molecule has 12 heteroatoms. The van der Waals surface area contributed by atoms with Gasteiger partial charge in [-0.05, 0) is 38.5 Å². The molecule has 0 spiro atoms. The van der Waals surface area contributed by atoms with Crippen LogP contribution in [0.1, 0.15) is 56.0 Å². The number of aromatic nitrogens is 2. The number of hydrogen-bond acceptors (Lipinski definition) is 7. The summed E-state index contributed by atoms with van der Waals surface area (Å²) < 4.78 is 47.4. The Morgan fingerprint density at radius 1 is 1.34 bits per heavy atom. The van der Waals surface area contributed by atoms with Gasteiger partial charge in [0.1, 0.15) is 6.04 Å². The fourth-order valence-corrected chi connectivity index (χ4v) is 3.65. The maximum absolute atomic E-state index is 14.0. The summed E-state index contributed by atoms with van der Waals surface area (Å²) in [6, 6.07) is 2.72. The minimum absolute atomic E-state index is 0.0604. The maximum Gasteiger partial charge on any atom is 0.417 e. The third-order valence-electron chi connectivity index (χ3n) is 5.68. The van der Waals surface area contributed by atoms with Gasteiger partial charge in [-0.1, -0.05) is 30.8 Å². The average molecular weight is 534 g/mol. The van der Waals surface area contributed by atoms with Crippen LogP contribution in [-0.2, 0) is 6.18 Å². The first-order chi connectivity index (χ1) is 18.1. The Bertz CT molecular complexity index is 1210. The molecule has 2 aromatic rings. The number of allylic oxidation sites excluding steroid dienone is 1. The van der Waals surface area contributed by atoms with Crippen molar-refractivity contribution < 1.29 is 33.1 Å². The summed E-state index contributed by atoms with van der Waals surface area (Å²) in [7, 11) is 0. The number of nitrogens with one attached hydrogen (secondary N) is 3. The first-order valence-corrected chi connectivity index (χ1v) is 12.3. The Hall–Kier alpha value is -3.77. The number of hydroxylamine groups is 1. The van der Waals surface area contributed by atoms with E-state index < -0.39 is 29.3 Å². The number of aliphatic imine (C=N–C) groups is 1. The second kappa shape index (κ2) is 12.7. The van der Waals surface area contributed by atoms with Gasteiger partial charge in [-0.2, -0.15) is 23.8 Å². The van der Waals surface area contributed by atoms with E-state index in [9.17, 15) is 23.2 Å². The summed E-state index contributed by atoms with van der Waals surface area (Å²) in [5.74, 6) is -0.569. The molecule has 1 aliphatic carbocycles. The molecule has 0 radical (unpaired) electrons. The number of rotatable bonds is 12. The highest BCUT2D eigenvalue weighted by atomic mass is 19.4. The molecule has 1 aromatic carbocycles. The lowest BCUT2D eigenvalue weighted by Crippen LogP contribution is -3.17. The van der Waals surface area contributed by atoms with Crippen LogP contribution in [0.3, 0.4) is 0 Å². The number of carbonyl (C=O) groups excluding carboxylic acids is 1. The van der Waals surface area contributed by atoms with Crippen molar-refractivity contribution in [2.45, 2.75) is 58.3 Å². The van der Waals surface area contributed by atoms with Crippen LogP contribution in [0.2, 0.25) is 0 Å². The van der Waals surface area contributed by atoms with Crippen LogP contribution in [0.4, 0.5) is 13.2 Å². The van der Waals surface area contributed by atoms with Crippen LogP contribution in [0.25, 0.3) is 11.3 Å². The molecule has 1 saturated carbocycles. The molecule has 0 aliphatic heterocycles.